The average Bonchev–Trinajstić information content (AvgIpc) is 3.16. The first kappa shape index (κ1) is 21.0. The number of imidazole rings is 1. The lowest BCUT2D eigenvalue weighted by molar-refractivity contribution is -0.138. The van der Waals surface area contributed by atoms with Gasteiger partial charge in [0.25, 0.3) is 0 Å². The van der Waals surface area contributed by atoms with Gasteiger partial charge in [0.15, 0.2) is 0 Å². The van der Waals surface area contributed by atoms with Gasteiger partial charge in [-0.05, 0) is 50.9 Å². The molecule has 0 aliphatic carbocycles. The predicted molar refractivity (Wildman–Crippen MR) is 109 cm³/mol. The van der Waals surface area contributed by atoms with Crippen LogP contribution >= 0.6 is 24.8 Å². The van der Waals surface area contributed by atoms with Crippen molar-refractivity contribution in [2.75, 3.05) is 19.6 Å². The number of benzene rings is 1. The monoisotopic (exact) mass is 398 g/mol. The first-order valence-corrected chi connectivity index (χ1v) is 9.17. The Kier molecular flexibility index (Phi) is 6.94. The fraction of sp³-hybridized carbons (Fsp3) is 0.579. The van der Waals surface area contributed by atoms with Crippen molar-refractivity contribution in [3.63, 3.8) is 0 Å². The highest BCUT2D eigenvalue weighted by molar-refractivity contribution is 5.85. The van der Waals surface area contributed by atoms with Crippen LogP contribution < -0.4 is 5.32 Å². The van der Waals surface area contributed by atoms with Crippen molar-refractivity contribution in [2.45, 2.75) is 39.3 Å². The normalized spacial score (nSPS) is 21.0. The van der Waals surface area contributed by atoms with Crippen LogP contribution in [0.5, 0.6) is 0 Å². The van der Waals surface area contributed by atoms with Crippen LogP contribution in [0.2, 0.25) is 0 Å². The molecule has 2 aliphatic heterocycles. The summed E-state index contributed by atoms with van der Waals surface area (Å²) in [7, 11) is 0. The third-order valence-electron chi connectivity index (χ3n) is 5.74. The number of para-hydroxylation sites is 2. The summed E-state index contributed by atoms with van der Waals surface area (Å²) in [5.74, 6) is 1.96. The maximum atomic E-state index is 13.0. The molecule has 0 bridgehead atoms. The van der Waals surface area contributed by atoms with Gasteiger partial charge in [0.05, 0.1) is 17.1 Å². The van der Waals surface area contributed by atoms with Crippen molar-refractivity contribution in [3.05, 3.63) is 30.1 Å². The van der Waals surface area contributed by atoms with Crippen LogP contribution in [0.4, 0.5) is 0 Å². The van der Waals surface area contributed by atoms with Gasteiger partial charge >= 0.3 is 0 Å². The Labute approximate surface area is 167 Å². The number of halogens is 2. The molecular weight excluding hydrogens is 371 g/mol. The van der Waals surface area contributed by atoms with Crippen molar-refractivity contribution in [1.82, 2.24) is 19.8 Å². The molecule has 1 aromatic carbocycles. The molecule has 2 aromatic rings. The fourth-order valence-electron chi connectivity index (χ4n) is 4.11. The minimum atomic E-state index is 0. The second-order valence-corrected chi connectivity index (χ2v) is 7.10. The molecule has 4 rings (SSSR count). The molecule has 2 fully saturated rings. The van der Waals surface area contributed by atoms with Crippen LogP contribution in [0.3, 0.4) is 0 Å². The Morgan fingerprint density at radius 2 is 2.04 bits per heavy atom. The number of amides is 1. The van der Waals surface area contributed by atoms with E-state index >= 15 is 0 Å². The lowest BCUT2D eigenvalue weighted by Crippen LogP contribution is -2.50. The molecular formula is C19H28Cl2N4O. The van der Waals surface area contributed by atoms with Gasteiger partial charge in [0.1, 0.15) is 5.82 Å². The van der Waals surface area contributed by atoms with Gasteiger partial charge < -0.3 is 14.8 Å². The number of aryl methyl sites for hydroxylation is 1. The SMILES string of the molecule is CCn1c(C2CCCN2C(=O)C(C)C2CNC2)nc2ccccc21.Cl.Cl. The summed E-state index contributed by atoms with van der Waals surface area (Å²) in [5.41, 5.74) is 2.20. The number of fused-ring (bicyclic) bond motifs is 1. The molecule has 2 unspecified atom stereocenters. The maximum Gasteiger partial charge on any atom is 0.226 e. The molecule has 2 aliphatic rings. The van der Waals surface area contributed by atoms with E-state index in [0.29, 0.717) is 11.8 Å². The van der Waals surface area contributed by atoms with Gasteiger partial charge in [-0.3, -0.25) is 4.79 Å². The summed E-state index contributed by atoms with van der Waals surface area (Å²) in [5, 5.41) is 3.28. The Balaban J connectivity index is 0.00000121. The smallest absolute Gasteiger partial charge is 0.226 e. The molecule has 0 saturated carbocycles. The summed E-state index contributed by atoms with van der Waals surface area (Å²) in [6.07, 6.45) is 2.09. The molecule has 5 nitrogen and oxygen atoms in total. The predicted octanol–water partition coefficient (Wildman–Crippen LogP) is 3.42. The van der Waals surface area contributed by atoms with E-state index in [1.807, 2.05) is 6.07 Å². The number of rotatable bonds is 4. The molecule has 0 radical (unpaired) electrons. The third kappa shape index (κ3) is 3.45. The third-order valence-corrected chi connectivity index (χ3v) is 5.74. The van der Waals surface area contributed by atoms with E-state index in [9.17, 15) is 4.79 Å². The Hall–Kier alpha value is -1.30. The van der Waals surface area contributed by atoms with Crippen molar-refractivity contribution < 1.29 is 4.79 Å². The number of carbonyl (C=O) groups excluding carboxylic acids is 1. The molecule has 2 atom stereocenters. The number of hydrogen-bond acceptors (Lipinski definition) is 3. The first-order valence-electron chi connectivity index (χ1n) is 9.17. The van der Waals surface area contributed by atoms with Gasteiger partial charge in [-0.15, -0.1) is 24.8 Å². The van der Waals surface area contributed by atoms with Gasteiger partial charge in [-0.1, -0.05) is 19.1 Å². The zero-order chi connectivity index (χ0) is 16.7. The van der Waals surface area contributed by atoms with Crippen LogP contribution in [-0.2, 0) is 11.3 Å². The van der Waals surface area contributed by atoms with Gasteiger partial charge in [0, 0.05) is 19.0 Å². The molecule has 7 heteroatoms. The Morgan fingerprint density at radius 3 is 2.69 bits per heavy atom. The van der Waals surface area contributed by atoms with Crippen LogP contribution in [-0.4, -0.2) is 40.0 Å². The molecule has 26 heavy (non-hydrogen) atoms. The highest BCUT2D eigenvalue weighted by Crippen LogP contribution is 2.35. The number of nitrogens with one attached hydrogen (secondary N) is 1. The van der Waals surface area contributed by atoms with E-state index in [2.05, 4.69) is 46.8 Å². The van der Waals surface area contributed by atoms with Gasteiger partial charge in [0.2, 0.25) is 5.91 Å². The summed E-state index contributed by atoms with van der Waals surface area (Å²) in [4.78, 5) is 20.0. The van der Waals surface area contributed by atoms with Crippen LogP contribution in [0, 0.1) is 11.8 Å². The number of hydrogen-bond donors (Lipinski definition) is 1. The van der Waals surface area contributed by atoms with E-state index in [-0.39, 0.29) is 36.8 Å². The van der Waals surface area contributed by atoms with Crippen molar-refractivity contribution in [3.8, 4) is 0 Å². The minimum absolute atomic E-state index is 0. The summed E-state index contributed by atoms with van der Waals surface area (Å²) in [6.45, 7) is 7.93. The molecule has 144 valence electrons. The second-order valence-electron chi connectivity index (χ2n) is 7.10. The average molecular weight is 399 g/mol. The molecule has 1 N–H and O–H groups in total. The summed E-state index contributed by atoms with van der Waals surface area (Å²) >= 11 is 0. The lowest BCUT2D eigenvalue weighted by atomic mass is 9.88. The van der Waals surface area contributed by atoms with E-state index < -0.39 is 0 Å². The number of nitrogens with zero attached hydrogens (tertiary/aromatic N) is 3. The van der Waals surface area contributed by atoms with Crippen molar-refractivity contribution in [2.24, 2.45) is 11.8 Å². The summed E-state index contributed by atoms with van der Waals surface area (Å²) in [6, 6.07) is 8.40. The summed E-state index contributed by atoms with van der Waals surface area (Å²) < 4.78 is 2.28. The molecule has 2 saturated heterocycles. The molecule has 1 aromatic heterocycles. The molecule has 3 heterocycles. The standard InChI is InChI=1S/C19H26N4O.2ClH/c1-3-22-16-8-5-4-7-15(16)21-18(22)17-9-6-10-23(17)19(24)13(2)14-11-20-12-14;;/h4-5,7-8,13-14,17,20H,3,6,9-12H2,1-2H3;2*1H. The lowest BCUT2D eigenvalue weighted by Gasteiger charge is -2.35. The van der Waals surface area contributed by atoms with E-state index in [0.717, 1.165) is 50.4 Å². The highest BCUT2D eigenvalue weighted by Gasteiger charge is 2.38. The second kappa shape index (κ2) is 8.59. The number of likely N-dealkylation sites (tertiary alicyclic amines) is 1. The number of aromatic nitrogens is 2. The first-order chi connectivity index (χ1) is 11.7. The zero-order valence-corrected chi connectivity index (χ0v) is 17.0. The zero-order valence-electron chi connectivity index (χ0n) is 15.4. The van der Waals surface area contributed by atoms with Crippen molar-refractivity contribution in [1.29, 1.82) is 0 Å². The van der Waals surface area contributed by atoms with E-state index in [1.165, 1.54) is 5.52 Å². The fourth-order valence-corrected chi connectivity index (χ4v) is 4.11. The Morgan fingerprint density at radius 1 is 1.31 bits per heavy atom. The van der Waals surface area contributed by atoms with Crippen LogP contribution in [0.1, 0.15) is 38.6 Å². The van der Waals surface area contributed by atoms with Crippen LogP contribution in [0.25, 0.3) is 11.0 Å². The number of carbonyl (C=O) groups is 1. The van der Waals surface area contributed by atoms with Crippen LogP contribution in [0.15, 0.2) is 24.3 Å². The molecule has 1 amide bonds. The Bertz CT molecular complexity index is 759. The van der Waals surface area contributed by atoms with E-state index in [4.69, 9.17) is 4.98 Å². The highest BCUT2D eigenvalue weighted by atomic mass is 35.5. The quantitative estimate of drug-likeness (QED) is 0.857. The van der Waals surface area contributed by atoms with Crippen molar-refractivity contribution >= 4 is 41.8 Å². The topological polar surface area (TPSA) is 50.2 Å². The van der Waals surface area contributed by atoms with Gasteiger partial charge in [-0.2, -0.15) is 0 Å². The minimum Gasteiger partial charge on any atom is -0.332 e. The van der Waals surface area contributed by atoms with Gasteiger partial charge in [-0.25, -0.2) is 4.98 Å². The van der Waals surface area contributed by atoms with E-state index in [1.54, 1.807) is 0 Å². The largest absolute Gasteiger partial charge is 0.332 e. The molecule has 0 spiro atoms. The maximum absolute atomic E-state index is 13.0.